The molecule has 0 radical (unpaired) electrons. The van der Waals surface area contributed by atoms with Crippen molar-refractivity contribution < 1.29 is 0 Å². The molecule has 106 valence electrons. The van der Waals surface area contributed by atoms with E-state index in [4.69, 9.17) is 5.73 Å². The summed E-state index contributed by atoms with van der Waals surface area (Å²) in [5.41, 5.74) is 9.48. The summed E-state index contributed by atoms with van der Waals surface area (Å²) in [6.07, 6.45) is 2.93. The Kier molecular flexibility index (Phi) is 4.28. The summed E-state index contributed by atoms with van der Waals surface area (Å²) < 4.78 is 1.98. The second-order valence-electron chi connectivity index (χ2n) is 5.59. The summed E-state index contributed by atoms with van der Waals surface area (Å²) in [5.74, 6) is 2.29. The molecule has 2 N–H and O–H groups in total. The Morgan fingerprint density at radius 2 is 1.95 bits per heavy atom. The second-order valence-corrected chi connectivity index (χ2v) is 5.59. The van der Waals surface area contributed by atoms with Crippen LogP contribution in [0.2, 0.25) is 0 Å². The van der Waals surface area contributed by atoms with E-state index < -0.39 is 0 Å². The average molecular weight is 269 g/mol. The highest BCUT2D eigenvalue weighted by atomic mass is 15.1. The number of hydrogen-bond donors (Lipinski definition) is 1. The first-order valence-corrected chi connectivity index (χ1v) is 7.05. The predicted molar refractivity (Wildman–Crippen MR) is 85.6 cm³/mol. The Labute approximate surface area is 121 Å². The van der Waals surface area contributed by atoms with Crippen LogP contribution in [0.4, 0.5) is 5.82 Å². The molecule has 0 fully saturated rings. The van der Waals surface area contributed by atoms with E-state index in [1.54, 1.807) is 0 Å². The Balaban J connectivity index is 2.32. The number of aromatic nitrogens is 2. The van der Waals surface area contributed by atoms with Crippen molar-refractivity contribution in [2.24, 2.45) is 5.92 Å². The number of allylic oxidation sites excluding steroid dienone is 1. The Morgan fingerprint density at radius 1 is 1.30 bits per heavy atom. The summed E-state index contributed by atoms with van der Waals surface area (Å²) in [6, 6.07) is 8.54. The van der Waals surface area contributed by atoms with Gasteiger partial charge >= 0.3 is 0 Å². The fourth-order valence-electron chi connectivity index (χ4n) is 2.42. The molecule has 0 saturated heterocycles. The van der Waals surface area contributed by atoms with Gasteiger partial charge in [0, 0.05) is 12.1 Å². The highest BCUT2D eigenvalue weighted by Crippen LogP contribution is 2.26. The van der Waals surface area contributed by atoms with E-state index in [0.717, 1.165) is 23.5 Å². The van der Waals surface area contributed by atoms with Gasteiger partial charge in [0.2, 0.25) is 0 Å². The van der Waals surface area contributed by atoms with Gasteiger partial charge in [0.1, 0.15) is 17.3 Å². The molecule has 0 aliphatic heterocycles. The van der Waals surface area contributed by atoms with Crippen molar-refractivity contribution in [1.29, 1.82) is 0 Å². The minimum Gasteiger partial charge on any atom is -0.383 e. The third-order valence-corrected chi connectivity index (χ3v) is 3.38. The molecule has 3 heteroatoms. The lowest BCUT2D eigenvalue weighted by molar-refractivity contribution is 0.647. The van der Waals surface area contributed by atoms with E-state index >= 15 is 0 Å². The van der Waals surface area contributed by atoms with Gasteiger partial charge in [-0.15, -0.1) is 6.58 Å². The number of rotatable bonds is 5. The van der Waals surface area contributed by atoms with Crippen LogP contribution in [-0.2, 0) is 13.0 Å². The third kappa shape index (κ3) is 2.93. The van der Waals surface area contributed by atoms with Crippen molar-refractivity contribution in [3.63, 3.8) is 0 Å². The SMILES string of the molecule is C=CCn1c(C)nc(-c2ccc(CC(C)C)cc2)c1N. The van der Waals surface area contributed by atoms with Crippen LogP contribution in [0.3, 0.4) is 0 Å². The van der Waals surface area contributed by atoms with Gasteiger partial charge in [0.15, 0.2) is 0 Å². The van der Waals surface area contributed by atoms with E-state index in [2.05, 4.69) is 49.7 Å². The zero-order chi connectivity index (χ0) is 14.7. The van der Waals surface area contributed by atoms with Gasteiger partial charge in [0.05, 0.1) is 0 Å². The molecule has 0 bridgehead atoms. The number of nitrogen functional groups attached to an aromatic ring is 1. The van der Waals surface area contributed by atoms with Crippen LogP contribution in [0.15, 0.2) is 36.9 Å². The molecule has 2 rings (SSSR count). The van der Waals surface area contributed by atoms with E-state index in [0.29, 0.717) is 18.3 Å². The van der Waals surface area contributed by atoms with E-state index in [-0.39, 0.29) is 0 Å². The quantitative estimate of drug-likeness (QED) is 0.838. The summed E-state index contributed by atoms with van der Waals surface area (Å²) in [4.78, 5) is 4.58. The summed E-state index contributed by atoms with van der Waals surface area (Å²) in [6.45, 7) is 10.9. The zero-order valence-corrected chi connectivity index (χ0v) is 12.6. The van der Waals surface area contributed by atoms with E-state index in [9.17, 15) is 0 Å². The predicted octanol–water partition coefficient (Wildman–Crippen LogP) is 3.83. The Bertz CT molecular complexity index is 591. The Morgan fingerprint density at radius 3 is 2.50 bits per heavy atom. The Hall–Kier alpha value is -2.03. The number of nitrogens with two attached hydrogens (primary N) is 1. The van der Waals surface area contributed by atoms with E-state index in [1.807, 2.05) is 17.6 Å². The number of imidazole rings is 1. The molecule has 0 aliphatic rings. The summed E-state index contributed by atoms with van der Waals surface area (Å²) in [5, 5.41) is 0. The molecule has 2 aromatic rings. The molecule has 1 heterocycles. The van der Waals surface area contributed by atoms with E-state index in [1.165, 1.54) is 5.56 Å². The largest absolute Gasteiger partial charge is 0.383 e. The molecule has 0 atom stereocenters. The molecular weight excluding hydrogens is 246 g/mol. The molecule has 20 heavy (non-hydrogen) atoms. The van der Waals surface area contributed by atoms with Gasteiger partial charge < -0.3 is 10.3 Å². The van der Waals surface area contributed by atoms with Gasteiger partial charge in [-0.25, -0.2) is 4.98 Å². The molecule has 0 unspecified atom stereocenters. The monoisotopic (exact) mass is 269 g/mol. The lowest BCUT2D eigenvalue weighted by Crippen LogP contribution is -2.03. The standard InChI is InChI=1S/C17H23N3/c1-5-10-20-13(4)19-16(17(20)18)15-8-6-14(7-9-15)11-12(2)3/h5-9,12H,1,10-11,18H2,2-4H3. The average Bonchev–Trinajstić information content (AvgIpc) is 2.67. The second kappa shape index (κ2) is 5.95. The van der Waals surface area contributed by atoms with Gasteiger partial charge in [-0.1, -0.05) is 44.2 Å². The van der Waals surface area contributed by atoms with Gasteiger partial charge in [-0.2, -0.15) is 0 Å². The molecule has 1 aromatic heterocycles. The van der Waals surface area contributed by atoms with Crippen LogP contribution in [0.25, 0.3) is 11.3 Å². The first-order chi connectivity index (χ1) is 9.52. The fraction of sp³-hybridized carbons (Fsp3) is 0.353. The van der Waals surface area contributed by atoms with Gasteiger partial charge in [-0.3, -0.25) is 0 Å². The smallest absolute Gasteiger partial charge is 0.132 e. The number of nitrogens with zero attached hydrogens (tertiary/aromatic N) is 2. The number of aryl methyl sites for hydroxylation is 1. The molecule has 0 aliphatic carbocycles. The summed E-state index contributed by atoms with van der Waals surface area (Å²) in [7, 11) is 0. The van der Waals surface area contributed by atoms with Crippen LogP contribution in [0.1, 0.15) is 25.2 Å². The van der Waals surface area contributed by atoms with Crippen LogP contribution in [0, 0.1) is 12.8 Å². The van der Waals surface area contributed by atoms with Crippen molar-refractivity contribution in [3.05, 3.63) is 48.3 Å². The maximum atomic E-state index is 6.19. The molecule has 0 spiro atoms. The fourth-order valence-corrected chi connectivity index (χ4v) is 2.42. The topological polar surface area (TPSA) is 43.8 Å². The molecule has 0 amide bonds. The number of anilines is 1. The van der Waals surface area contributed by atoms with Gasteiger partial charge in [0.25, 0.3) is 0 Å². The van der Waals surface area contributed by atoms with Crippen LogP contribution < -0.4 is 5.73 Å². The van der Waals surface area contributed by atoms with Crippen molar-refractivity contribution >= 4 is 5.82 Å². The van der Waals surface area contributed by atoms with Gasteiger partial charge in [-0.05, 0) is 24.8 Å². The zero-order valence-electron chi connectivity index (χ0n) is 12.6. The van der Waals surface area contributed by atoms with Crippen molar-refractivity contribution in [2.45, 2.75) is 33.7 Å². The minimum atomic E-state index is 0.667. The normalized spacial score (nSPS) is 11.0. The van der Waals surface area contributed by atoms with Crippen LogP contribution >= 0.6 is 0 Å². The lowest BCUT2D eigenvalue weighted by atomic mass is 10.0. The lowest BCUT2D eigenvalue weighted by Gasteiger charge is -2.06. The van der Waals surface area contributed by atoms with Crippen LogP contribution in [0.5, 0.6) is 0 Å². The molecule has 1 aromatic carbocycles. The highest BCUT2D eigenvalue weighted by Gasteiger charge is 2.12. The number of hydrogen-bond acceptors (Lipinski definition) is 2. The van der Waals surface area contributed by atoms with Crippen molar-refractivity contribution in [2.75, 3.05) is 5.73 Å². The molecular formula is C17H23N3. The number of benzene rings is 1. The van der Waals surface area contributed by atoms with Crippen LogP contribution in [-0.4, -0.2) is 9.55 Å². The first-order valence-electron chi connectivity index (χ1n) is 7.05. The third-order valence-electron chi connectivity index (χ3n) is 3.38. The van der Waals surface area contributed by atoms with Crippen molar-refractivity contribution in [1.82, 2.24) is 9.55 Å². The maximum Gasteiger partial charge on any atom is 0.132 e. The maximum absolute atomic E-state index is 6.19. The van der Waals surface area contributed by atoms with Crippen molar-refractivity contribution in [3.8, 4) is 11.3 Å². The molecule has 0 saturated carbocycles. The summed E-state index contributed by atoms with van der Waals surface area (Å²) >= 11 is 0. The molecule has 3 nitrogen and oxygen atoms in total. The first kappa shape index (κ1) is 14.4. The minimum absolute atomic E-state index is 0.667. The highest BCUT2D eigenvalue weighted by molar-refractivity contribution is 5.71.